The summed E-state index contributed by atoms with van der Waals surface area (Å²) in [5, 5.41) is 4.45. The van der Waals surface area contributed by atoms with Gasteiger partial charge in [0, 0.05) is 23.5 Å². The highest BCUT2D eigenvalue weighted by molar-refractivity contribution is 8.07. The maximum Gasteiger partial charge on any atom is 0.220 e. The number of amides is 1. The zero-order valence-corrected chi connectivity index (χ0v) is 5.91. The smallest absolute Gasteiger partial charge is 0.220 e. The van der Waals surface area contributed by atoms with Crippen molar-refractivity contribution in [3.63, 3.8) is 0 Å². The molecule has 0 aromatic heterocycles. The van der Waals surface area contributed by atoms with Gasteiger partial charge in [0.05, 0.1) is 0 Å². The van der Waals surface area contributed by atoms with Crippen molar-refractivity contribution < 1.29 is 4.79 Å². The first kappa shape index (κ1) is 5.59. The van der Waals surface area contributed by atoms with Crippen LogP contribution in [0.15, 0.2) is 0 Å². The molecule has 0 spiro atoms. The van der Waals surface area contributed by atoms with E-state index in [1.54, 1.807) is 0 Å². The second kappa shape index (κ2) is 1.90. The number of carbonyl (C=O) groups is 1. The summed E-state index contributed by atoms with van der Waals surface area (Å²) in [6.45, 7) is 0.911. The van der Waals surface area contributed by atoms with Crippen LogP contribution in [0.3, 0.4) is 0 Å². The van der Waals surface area contributed by atoms with Gasteiger partial charge in [0.15, 0.2) is 0 Å². The van der Waals surface area contributed by atoms with Gasteiger partial charge < -0.3 is 5.32 Å². The van der Waals surface area contributed by atoms with E-state index >= 15 is 0 Å². The second-order valence-electron chi connectivity index (χ2n) is 2.56. The van der Waals surface area contributed by atoms with Gasteiger partial charge in [0.1, 0.15) is 0 Å². The molecule has 1 N–H and O–H groups in total. The van der Waals surface area contributed by atoms with Crippen molar-refractivity contribution in [1.29, 1.82) is 0 Å². The Labute approximate surface area is 58.4 Å². The summed E-state index contributed by atoms with van der Waals surface area (Å²) >= 11 is 2.00. The van der Waals surface area contributed by atoms with Crippen molar-refractivity contribution in [2.75, 3.05) is 6.54 Å². The van der Waals surface area contributed by atoms with E-state index in [1.807, 2.05) is 11.8 Å². The topological polar surface area (TPSA) is 29.1 Å². The first-order valence-corrected chi connectivity index (χ1v) is 4.23. The molecule has 2 heterocycles. The highest BCUT2D eigenvalue weighted by atomic mass is 32.2. The van der Waals surface area contributed by atoms with Gasteiger partial charge in [0.25, 0.3) is 0 Å². The molecule has 0 aromatic carbocycles. The summed E-state index contributed by atoms with van der Waals surface area (Å²) in [5.74, 6) is 0.239. The summed E-state index contributed by atoms with van der Waals surface area (Å²) in [7, 11) is 0. The molecule has 0 aliphatic carbocycles. The van der Waals surface area contributed by atoms with E-state index < -0.39 is 0 Å². The highest BCUT2D eigenvalue weighted by Crippen LogP contribution is 2.44. The number of rotatable bonds is 0. The van der Waals surface area contributed by atoms with Crippen LogP contribution in [0.25, 0.3) is 0 Å². The van der Waals surface area contributed by atoms with Gasteiger partial charge in [-0.3, -0.25) is 4.79 Å². The van der Waals surface area contributed by atoms with Crippen LogP contribution in [0.4, 0.5) is 0 Å². The molecule has 9 heavy (non-hydrogen) atoms. The van der Waals surface area contributed by atoms with Gasteiger partial charge in [-0.1, -0.05) is 0 Å². The average Bonchev–Trinajstić information content (AvgIpc) is 2.54. The summed E-state index contributed by atoms with van der Waals surface area (Å²) in [4.78, 5) is 10.7. The van der Waals surface area contributed by atoms with Crippen molar-refractivity contribution in [3.8, 4) is 0 Å². The number of hydrogen-bond acceptors (Lipinski definition) is 2. The third-order valence-electron chi connectivity index (χ3n) is 1.84. The molecular weight excluding hydrogens is 134 g/mol. The molecule has 2 aliphatic rings. The van der Waals surface area contributed by atoms with E-state index in [2.05, 4.69) is 5.32 Å². The van der Waals surface area contributed by atoms with Gasteiger partial charge in [0.2, 0.25) is 5.91 Å². The largest absolute Gasteiger partial charge is 0.355 e. The van der Waals surface area contributed by atoms with Crippen LogP contribution in [0.5, 0.6) is 0 Å². The number of hydrogen-bond donors (Lipinski definition) is 1. The minimum absolute atomic E-state index is 0.239. The lowest BCUT2D eigenvalue weighted by Gasteiger charge is -1.96. The molecule has 2 rings (SSSR count). The van der Waals surface area contributed by atoms with Crippen molar-refractivity contribution in [2.45, 2.75) is 23.3 Å². The van der Waals surface area contributed by atoms with E-state index in [1.165, 1.54) is 0 Å². The lowest BCUT2D eigenvalue weighted by Crippen LogP contribution is -2.24. The highest BCUT2D eigenvalue weighted by Gasteiger charge is 2.39. The molecule has 2 fully saturated rings. The van der Waals surface area contributed by atoms with Crippen LogP contribution >= 0.6 is 11.8 Å². The summed E-state index contributed by atoms with van der Waals surface area (Å²) in [6.07, 6.45) is 1.84. The number of thioether (sulfide) groups is 1. The van der Waals surface area contributed by atoms with Gasteiger partial charge in [-0.25, -0.2) is 0 Å². The maximum absolute atomic E-state index is 10.7. The van der Waals surface area contributed by atoms with Crippen LogP contribution in [-0.2, 0) is 4.79 Å². The Hall–Kier alpha value is -0.180. The Kier molecular flexibility index (Phi) is 1.18. The van der Waals surface area contributed by atoms with Gasteiger partial charge in [-0.05, 0) is 6.42 Å². The van der Waals surface area contributed by atoms with Gasteiger partial charge >= 0.3 is 0 Å². The zero-order valence-electron chi connectivity index (χ0n) is 5.09. The molecule has 2 saturated heterocycles. The normalized spacial score (nSPS) is 40.7. The van der Waals surface area contributed by atoms with E-state index in [0.717, 1.165) is 29.9 Å². The van der Waals surface area contributed by atoms with Crippen LogP contribution < -0.4 is 5.32 Å². The Morgan fingerprint density at radius 3 is 3.33 bits per heavy atom. The van der Waals surface area contributed by atoms with Crippen molar-refractivity contribution in [2.24, 2.45) is 0 Å². The monoisotopic (exact) mass is 143 g/mol. The predicted molar refractivity (Wildman–Crippen MR) is 37.4 cm³/mol. The number of fused-ring (bicyclic) bond motifs is 1. The first-order chi connectivity index (χ1) is 4.36. The summed E-state index contributed by atoms with van der Waals surface area (Å²) in [6, 6.07) is 0. The molecule has 50 valence electrons. The van der Waals surface area contributed by atoms with Crippen LogP contribution in [0, 0.1) is 0 Å². The molecule has 2 aliphatic heterocycles. The third kappa shape index (κ3) is 1.06. The fourth-order valence-corrected chi connectivity index (χ4v) is 2.21. The molecule has 0 saturated carbocycles. The van der Waals surface area contributed by atoms with Gasteiger partial charge in [-0.15, -0.1) is 0 Å². The van der Waals surface area contributed by atoms with Crippen LogP contribution in [0.1, 0.15) is 12.8 Å². The summed E-state index contributed by atoms with van der Waals surface area (Å²) in [5.41, 5.74) is 0. The fourth-order valence-electron chi connectivity index (χ4n) is 1.19. The number of carbonyl (C=O) groups excluding carboxylic acids is 1. The second-order valence-corrected chi connectivity index (χ2v) is 4.04. The van der Waals surface area contributed by atoms with Gasteiger partial charge in [-0.2, -0.15) is 11.8 Å². The first-order valence-electron chi connectivity index (χ1n) is 3.28. The quantitative estimate of drug-likeness (QED) is 0.497. The molecule has 1 amide bonds. The molecule has 0 aromatic rings. The molecule has 0 bridgehead atoms. The van der Waals surface area contributed by atoms with Crippen molar-refractivity contribution in [3.05, 3.63) is 0 Å². The minimum atomic E-state index is 0.239. The summed E-state index contributed by atoms with van der Waals surface area (Å²) < 4.78 is 0. The Balaban J connectivity index is 1.96. The number of nitrogens with one attached hydrogen (secondary N) is 1. The maximum atomic E-state index is 10.7. The Morgan fingerprint density at radius 2 is 2.44 bits per heavy atom. The SMILES string of the molecule is O=C1CCC2SC2CN1. The lowest BCUT2D eigenvalue weighted by molar-refractivity contribution is -0.120. The molecular formula is C6H9NOS. The third-order valence-corrected chi connectivity index (χ3v) is 3.29. The minimum Gasteiger partial charge on any atom is -0.355 e. The zero-order chi connectivity index (χ0) is 6.27. The standard InChI is InChI=1S/C6H9NOS/c8-6-2-1-4-5(9-4)3-7-6/h4-5H,1-3H2,(H,7,8). The molecule has 0 radical (unpaired) electrons. The Morgan fingerprint density at radius 1 is 1.56 bits per heavy atom. The van der Waals surface area contributed by atoms with Crippen molar-refractivity contribution >= 4 is 17.7 Å². The molecule has 2 nitrogen and oxygen atoms in total. The van der Waals surface area contributed by atoms with Crippen LogP contribution in [-0.4, -0.2) is 23.0 Å². The van der Waals surface area contributed by atoms with E-state index in [0.29, 0.717) is 0 Å². The van der Waals surface area contributed by atoms with Crippen LogP contribution in [0.2, 0.25) is 0 Å². The average molecular weight is 143 g/mol. The van der Waals surface area contributed by atoms with E-state index in [-0.39, 0.29) is 5.91 Å². The molecule has 2 atom stereocenters. The molecule has 2 unspecified atom stereocenters. The van der Waals surface area contributed by atoms with E-state index in [9.17, 15) is 4.79 Å². The molecule has 3 heteroatoms. The predicted octanol–water partition coefficient (Wildman–Crippen LogP) is 0.380. The Bertz CT molecular complexity index is 134. The van der Waals surface area contributed by atoms with Crippen molar-refractivity contribution in [1.82, 2.24) is 5.32 Å². The fraction of sp³-hybridized carbons (Fsp3) is 0.833. The van der Waals surface area contributed by atoms with E-state index in [4.69, 9.17) is 0 Å². The lowest BCUT2D eigenvalue weighted by atomic mass is 10.2.